The van der Waals surface area contributed by atoms with E-state index in [4.69, 9.17) is 18.0 Å². The lowest BCUT2D eigenvalue weighted by Gasteiger charge is -2.35. The molecule has 0 radical (unpaired) electrons. The molecule has 5 heteroatoms. The number of nitrogens with one attached hydrogen (secondary N) is 1. The smallest absolute Gasteiger partial charge is 0.224 e. The highest BCUT2D eigenvalue weighted by molar-refractivity contribution is 7.80. The van der Waals surface area contributed by atoms with Crippen molar-refractivity contribution in [2.45, 2.75) is 18.9 Å². The van der Waals surface area contributed by atoms with Crippen LogP contribution in [-0.2, 0) is 4.79 Å². The summed E-state index contributed by atoms with van der Waals surface area (Å²) >= 11 is 4.90. The standard InChI is InChI=1S/C9H15N3OS/c10-8(14)5-12-3-1-2-6-7(12)4-11-9(6)13/h6-7H,1-5H2,(H2,10,14)(H,11,13). The number of rotatable bonds is 2. The lowest BCUT2D eigenvalue weighted by atomic mass is 9.91. The van der Waals surface area contributed by atoms with Gasteiger partial charge in [0, 0.05) is 19.1 Å². The van der Waals surface area contributed by atoms with E-state index >= 15 is 0 Å². The Morgan fingerprint density at radius 3 is 3.21 bits per heavy atom. The van der Waals surface area contributed by atoms with Crippen molar-refractivity contribution in [2.24, 2.45) is 11.7 Å². The summed E-state index contributed by atoms with van der Waals surface area (Å²) in [6.45, 7) is 2.41. The highest BCUT2D eigenvalue weighted by Gasteiger charge is 2.40. The van der Waals surface area contributed by atoms with Crippen LogP contribution in [0.2, 0.25) is 0 Å². The molecule has 2 saturated heterocycles. The van der Waals surface area contributed by atoms with Crippen molar-refractivity contribution >= 4 is 23.1 Å². The number of fused-ring (bicyclic) bond motifs is 1. The number of carbonyl (C=O) groups is 1. The minimum Gasteiger partial charge on any atom is -0.392 e. The van der Waals surface area contributed by atoms with Crippen LogP contribution < -0.4 is 11.1 Å². The zero-order chi connectivity index (χ0) is 10.1. The van der Waals surface area contributed by atoms with Crippen LogP contribution in [0.1, 0.15) is 12.8 Å². The van der Waals surface area contributed by atoms with E-state index in [0.717, 1.165) is 25.9 Å². The number of hydrogen-bond donors (Lipinski definition) is 2. The largest absolute Gasteiger partial charge is 0.392 e. The van der Waals surface area contributed by atoms with E-state index in [-0.39, 0.29) is 11.8 Å². The van der Waals surface area contributed by atoms with Crippen molar-refractivity contribution in [2.75, 3.05) is 19.6 Å². The molecule has 2 unspecified atom stereocenters. The first-order chi connectivity index (χ1) is 6.68. The monoisotopic (exact) mass is 213 g/mol. The third kappa shape index (κ3) is 1.74. The van der Waals surface area contributed by atoms with E-state index in [0.29, 0.717) is 17.6 Å². The van der Waals surface area contributed by atoms with Crippen LogP contribution in [0.4, 0.5) is 0 Å². The van der Waals surface area contributed by atoms with Crippen molar-refractivity contribution in [3.05, 3.63) is 0 Å². The number of likely N-dealkylation sites (tertiary alicyclic amines) is 1. The molecule has 0 spiro atoms. The van der Waals surface area contributed by atoms with E-state index in [1.807, 2.05) is 0 Å². The summed E-state index contributed by atoms with van der Waals surface area (Å²) in [6, 6.07) is 0.317. The van der Waals surface area contributed by atoms with Gasteiger partial charge in [-0.2, -0.15) is 0 Å². The van der Waals surface area contributed by atoms with Crippen molar-refractivity contribution < 1.29 is 4.79 Å². The van der Waals surface area contributed by atoms with Crippen molar-refractivity contribution in [1.82, 2.24) is 10.2 Å². The van der Waals surface area contributed by atoms with E-state index in [1.54, 1.807) is 0 Å². The topological polar surface area (TPSA) is 58.4 Å². The van der Waals surface area contributed by atoms with Gasteiger partial charge in [-0.25, -0.2) is 0 Å². The first-order valence-corrected chi connectivity index (χ1v) is 5.39. The first-order valence-electron chi connectivity index (χ1n) is 4.98. The molecule has 0 aromatic rings. The highest BCUT2D eigenvalue weighted by atomic mass is 32.1. The van der Waals surface area contributed by atoms with E-state index in [1.165, 1.54) is 0 Å². The molecule has 2 rings (SSSR count). The van der Waals surface area contributed by atoms with E-state index < -0.39 is 0 Å². The number of piperidine rings is 1. The predicted octanol–water partition coefficient (Wildman–Crippen LogP) is -0.517. The Kier molecular flexibility index (Phi) is 2.69. The molecule has 3 N–H and O–H groups in total. The molecular formula is C9H15N3OS. The molecule has 1 amide bonds. The Balaban J connectivity index is 2.05. The van der Waals surface area contributed by atoms with Crippen molar-refractivity contribution in [3.8, 4) is 0 Å². The maximum atomic E-state index is 11.4. The summed E-state index contributed by atoms with van der Waals surface area (Å²) in [4.78, 5) is 14.2. The molecule has 14 heavy (non-hydrogen) atoms. The number of amides is 1. The summed E-state index contributed by atoms with van der Waals surface area (Å²) in [7, 11) is 0. The number of thiocarbonyl (C=S) groups is 1. The Morgan fingerprint density at radius 1 is 1.71 bits per heavy atom. The normalized spacial score (nSPS) is 32.4. The Bertz CT molecular complexity index is 269. The maximum Gasteiger partial charge on any atom is 0.224 e. The molecule has 0 aliphatic carbocycles. The van der Waals surface area contributed by atoms with Gasteiger partial charge in [0.1, 0.15) is 0 Å². The van der Waals surface area contributed by atoms with Crippen LogP contribution in [0.15, 0.2) is 0 Å². The van der Waals surface area contributed by atoms with Gasteiger partial charge >= 0.3 is 0 Å². The number of nitrogens with two attached hydrogens (primary N) is 1. The van der Waals surface area contributed by atoms with E-state index in [9.17, 15) is 4.79 Å². The summed E-state index contributed by atoms with van der Waals surface area (Å²) in [6.07, 6.45) is 2.07. The summed E-state index contributed by atoms with van der Waals surface area (Å²) in [5.74, 6) is 0.362. The lowest BCUT2D eigenvalue weighted by molar-refractivity contribution is -0.124. The third-order valence-electron chi connectivity index (χ3n) is 3.08. The molecular weight excluding hydrogens is 198 g/mol. The number of carbonyl (C=O) groups excluding carboxylic acids is 1. The predicted molar refractivity (Wildman–Crippen MR) is 57.9 cm³/mol. The zero-order valence-electron chi connectivity index (χ0n) is 8.03. The second-order valence-electron chi connectivity index (χ2n) is 4.00. The van der Waals surface area contributed by atoms with Gasteiger partial charge in [-0.05, 0) is 19.4 Å². The molecule has 78 valence electrons. The van der Waals surface area contributed by atoms with Gasteiger partial charge in [-0.3, -0.25) is 9.69 Å². The van der Waals surface area contributed by atoms with Crippen molar-refractivity contribution in [3.63, 3.8) is 0 Å². The van der Waals surface area contributed by atoms with Gasteiger partial charge in [0.05, 0.1) is 10.9 Å². The molecule has 0 bridgehead atoms. The molecule has 2 heterocycles. The first kappa shape index (κ1) is 9.86. The average molecular weight is 213 g/mol. The van der Waals surface area contributed by atoms with Crippen LogP contribution in [-0.4, -0.2) is 41.5 Å². The van der Waals surface area contributed by atoms with Crippen LogP contribution in [0.3, 0.4) is 0 Å². The molecule has 2 aliphatic heterocycles. The highest BCUT2D eigenvalue weighted by Crippen LogP contribution is 2.26. The SMILES string of the molecule is NC(=S)CN1CCCC2C(=O)NCC21. The Hall–Kier alpha value is -0.680. The second-order valence-corrected chi connectivity index (χ2v) is 4.52. The minimum absolute atomic E-state index is 0.165. The maximum absolute atomic E-state index is 11.4. The summed E-state index contributed by atoms with van der Waals surface area (Å²) in [5.41, 5.74) is 5.53. The quantitative estimate of drug-likeness (QED) is 0.606. The van der Waals surface area contributed by atoms with Gasteiger partial charge in [0.25, 0.3) is 0 Å². The van der Waals surface area contributed by atoms with Crippen molar-refractivity contribution in [1.29, 1.82) is 0 Å². The molecule has 2 fully saturated rings. The summed E-state index contributed by atoms with van der Waals surface area (Å²) < 4.78 is 0. The van der Waals surface area contributed by atoms with Gasteiger partial charge < -0.3 is 11.1 Å². The fourth-order valence-corrected chi connectivity index (χ4v) is 2.60. The minimum atomic E-state index is 0.165. The third-order valence-corrected chi connectivity index (χ3v) is 3.20. The second kappa shape index (κ2) is 3.82. The van der Waals surface area contributed by atoms with Gasteiger partial charge in [-0.1, -0.05) is 12.2 Å². The Morgan fingerprint density at radius 2 is 2.50 bits per heavy atom. The molecule has 0 saturated carbocycles. The number of hydrogen-bond acceptors (Lipinski definition) is 3. The van der Waals surface area contributed by atoms with Crippen LogP contribution in [0.5, 0.6) is 0 Å². The number of nitrogens with zero attached hydrogens (tertiary/aromatic N) is 1. The average Bonchev–Trinajstić information content (AvgIpc) is 2.49. The van der Waals surface area contributed by atoms with Gasteiger partial charge in [0.15, 0.2) is 0 Å². The fourth-order valence-electron chi connectivity index (χ4n) is 2.44. The molecule has 4 nitrogen and oxygen atoms in total. The Labute approximate surface area is 88.8 Å². The lowest BCUT2D eigenvalue weighted by Crippen LogP contribution is -2.48. The fraction of sp³-hybridized carbons (Fsp3) is 0.778. The van der Waals surface area contributed by atoms with Gasteiger partial charge in [0.2, 0.25) is 5.91 Å². The molecule has 0 aromatic heterocycles. The van der Waals surface area contributed by atoms with Gasteiger partial charge in [-0.15, -0.1) is 0 Å². The molecule has 0 aromatic carbocycles. The van der Waals surface area contributed by atoms with Crippen LogP contribution >= 0.6 is 12.2 Å². The van der Waals surface area contributed by atoms with Crippen LogP contribution in [0, 0.1) is 5.92 Å². The van der Waals surface area contributed by atoms with E-state index in [2.05, 4.69) is 10.2 Å². The molecule has 2 aliphatic rings. The molecule has 2 atom stereocenters. The summed E-state index contributed by atoms with van der Waals surface area (Å²) in [5, 5.41) is 2.90. The van der Waals surface area contributed by atoms with Crippen LogP contribution in [0.25, 0.3) is 0 Å². The zero-order valence-corrected chi connectivity index (χ0v) is 8.85.